The van der Waals surface area contributed by atoms with Gasteiger partial charge in [-0.3, -0.25) is 4.40 Å². The lowest BCUT2D eigenvalue weighted by molar-refractivity contribution is 0.658. The lowest BCUT2D eigenvalue weighted by Gasteiger charge is -2.20. The Bertz CT molecular complexity index is 484. The summed E-state index contributed by atoms with van der Waals surface area (Å²) in [6.07, 6.45) is 3.27. The van der Waals surface area contributed by atoms with Gasteiger partial charge in [0, 0.05) is 31.2 Å². The molecule has 1 N–H and O–H groups in total. The highest BCUT2D eigenvalue weighted by Gasteiger charge is 2.16. The van der Waals surface area contributed by atoms with Gasteiger partial charge in [0.15, 0.2) is 10.8 Å². The van der Waals surface area contributed by atoms with E-state index in [4.69, 9.17) is 4.98 Å². The fourth-order valence-corrected chi connectivity index (χ4v) is 2.87. The Morgan fingerprint density at radius 3 is 2.78 bits per heavy atom. The van der Waals surface area contributed by atoms with Crippen LogP contribution in [0.15, 0.2) is 11.6 Å². The molecular formula is C13H22N4S. The van der Waals surface area contributed by atoms with Gasteiger partial charge >= 0.3 is 0 Å². The Labute approximate surface area is 113 Å². The van der Waals surface area contributed by atoms with Crippen LogP contribution in [0.4, 0.5) is 5.82 Å². The summed E-state index contributed by atoms with van der Waals surface area (Å²) in [6.45, 7) is 10.5. The summed E-state index contributed by atoms with van der Waals surface area (Å²) in [7, 11) is 0. The zero-order valence-corrected chi connectivity index (χ0v) is 12.3. The first-order valence-electron chi connectivity index (χ1n) is 6.71. The topological polar surface area (TPSA) is 32.6 Å². The van der Waals surface area contributed by atoms with E-state index in [-0.39, 0.29) is 0 Å². The van der Waals surface area contributed by atoms with Crippen molar-refractivity contribution in [2.75, 3.05) is 24.5 Å². The summed E-state index contributed by atoms with van der Waals surface area (Å²) >= 11 is 1.70. The maximum absolute atomic E-state index is 4.76. The molecule has 0 aliphatic carbocycles. The number of rotatable bonds is 7. The second-order valence-corrected chi connectivity index (χ2v) is 5.16. The average molecular weight is 266 g/mol. The molecule has 2 aromatic heterocycles. The van der Waals surface area contributed by atoms with Crippen LogP contribution >= 0.6 is 11.3 Å². The molecule has 2 rings (SSSR count). The number of hydrogen-bond acceptors (Lipinski definition) is 4. The highest BCUT2D eigenvalue weighted by molar-refractivity contribution is 7.15. The first-order valence-corrected chi connectivity index (χ1v) is 7.59. The molecule has 2 aromatic rings. The Morgan fingerprint density at radius 1 is 1.33 bits per heavy atom. The predicted octanol–water partition coefficient (Wildman–Crippen LogP) is 2.74. The molecular weight excluding hydrogens is 244 g/mol. The molecule has 0 aromatic carbocycles. The Kier molecular flexibility index (Phi) is 4.60. The van der Waals surface area contributed by atoms with Crippen molar-refractivity contribution in [3.63, 3.8) is 0 Å². The third-order valence-electron chi connectivity index (χ3n) is 3.12. The Morgan fingerprint density at radius 2 is 2.11 bits per heavy atom. The molecule has 100 valence electrons. The van der Waals surface area contributed by atoms with Crippen molar-refractivity contribution in [2.45, 2.75) is 33.7 Å². The molecule has 4 nitrogen and oxygen atoms in total. The maximum Gasteiger partial charge on any atom is 0.195 e. The summed E-state index contributed by atoms with van der Waals surface area (Å²) in [5.74, 6) is 1.13. The zero-order chi connectivity index (χ0) is 13.0. The van der Waals surface area contributed by atoms with Crippen LogP contribution in [-0.2, 0) is 6.54 Å². The van der Waals surface area contributed by atoms with E-state index in [1.54, 1.807) is 11.3 Å². The van der Waals surface area contributed by atoms with Gasteiger partial charge in [0.25, 0.3) is 0 Å². The monoisotopic (exact) mass is 266 g/mol. The number of imidazole rings is 1. The second-order valence-electron chi connectivity index (χ2n) is 4.29. The van der Waals surface area contributed by atoms with Gasteiger partial charge in [-0.15, -0.1) is 11.3 Å². The molecule has 0 unspecified atom stereocenters. The molecule has 2 heterocycles. The minimum Gasteiger partial charge on any atom is -0.356 e. The molecule has 0 radical (unpaired) electrons. The normalized spacial score (nSPS) is 11.3. The van der Waals surface area contributed by atoms with Crippen molar-refractivity contribution < 1.29 is 0 Å². The number of thiazole rings is 1. The number of nitrogens with zero attached hydrogens (tertiary/aromatic N) is 3. The van der Waals surface area contributed by atoms with Crippen LogP contribution in [0.5, 0.6) is 0 Å². The fraction of sp³-hybridized carbons (Fsp3) is 0.615. The van der Waals surface area contributed by atoms with Crippen molar-refractivity contribution in [2.24, 2.45) is 0 Å². The average Bonchev–Trinajstić information content (AvgIpc) is 2.94. The van der Waals surface area contributed by atoms with E-state index in [9.17, 15) is 0 Å². The summed E-state index contributed by atoms with van der Waals surface area (Å²) in [5.41, 5.74) is 1.28. The van der Waals surface area contributed by atoms with Crippen molar-refractivity contribution >= 4 is 22.1 Å². The third kappa shape index (κ3) is 2.52. The van der Waals surface area contributed by atoms with Crippen molar-refractivity contribution in [1.82, 2.24) is 14.7 Å². The van der Waals surface area contributed by atoms with Crippen LogP contribution in [0.25, 0.3) is 4.96 Å². The third-order valence-corrected chi connectivity index (χ3v) is 3.88. The van der Waals surface area contributed by atoms with Crippen molar-refractivity contribution in [3.05, 3.63) is 17.3 Å². The second kappa shape index (κ2) is 6.20. The Hall–Kier alpha value is -1.07. The van der Waals surface area contributed by atoms with E-state index in [1.165, 1.54) is 5.69 Å². The molecule has 18 heavy (non-hydrogen) atoms. The van der Waals surface area contributed by atoms with Crippen LogP contribution in [-0.4, -0.2) is 29.0 Å². The lowest BCUT2D eigenvalue weighted by atomic mass is 10.3. The minimum atomic E-state index is 0.886. The van der Waals surface area contributed by atoms with Gasteiger partial charge in [-0.05, 0) is 26.8 Å². The highest BCUT2D eigenvalue weighted by atomic mass is 32.1. The SMILES string of the molecule is CCCNCc1c(N(CC)CC)nc2sccn12. The van der Waals surface area contributed by atoms with E-state index >= 15 is 0 Å². The molecule has 0 aliphatic rings. The molecule has 0 aliphatic heterocycles. The number of fused-ring (bicyclic) bond motifs is 1. The zero-order valence-electron chi connectivity index (χ0n) is 11.4. The fourth-order valence-electron chi connectivity index (χ4n) is 2.15. The number of anilines is 1. The van der Waals surface area contributed by atoms with Gasteiger partial charge in [-0.25, -0.2) is 4.98 Å². The molecule has 0 atom stereocenters. The highest BCUT2D eigenvalue weighted by Crippen LogP contribution is 2.24. The first kappa shape index (κ1) is 13.4. The summed E-state index contributed by atoms with van der Waals surface area (Å²) < 4.78 is 2.21. The molecule has 0 saturated heterocycles. The van der Waals surface area contributed by atoms with E-state index in [0.717, 1.165) is 43.4 Å². The quantitative estimate of drug-likeness (QED) is 0.782. The summed E-state index contributed by atoms with van der Waals surface area (Å²) in [5, 5.41) is 5.57. The molecule has 0 spiro atoms. The largest absolute Gasteiger partial charge is 0.356 e. The van der Waals surface area contributed by atoms with Gasteiger partial charge < -0.3 is 10.2 Å². The van der Waals surface area contributed by atoms with Crippen molar-refractivity contribution in [1.29, 1.82) is 0 Å². The number of hydrogen-bond donors (Lipinski definition) is 1. The van der Waals surface area contributed by atoms with Gasteiger partial charge in [0.2, 0.25) is 0 Å². The summed E-state index contributed by atoms with van der Waals surface area (Å²) in [6, 6.07) is 0. The van der Waals surface area contributed by atoms with Crippen molar-refractivity contribution in [3.8, 4) is 0 Å². The van der Waals surface area contributed by atoms with Crippen LogP contribution in [0, 0.1) is 0 Å². The van der Waals surface area contributed by atoms with Gasteiger partial charge in [0.1, 0.15) is 0 Å². The van der Waals surface area contributed by atoms with E-state index < -0.39 is 0 Å². The molecule has 0 fully saturated rings. The van der Waals surface area contributed by atoms with E-state index in [2.05, 4.69) is 47.0 Å². The predicted molar refractivity (Wildman–Crippen MR) is 78.6 cm³/mol. The maximum atomic E-state index is 4.76. The van der Waals surface area contributed by atoms with Gasteiger partial charge in [-0.1, -0.05) is 6.92 Å². The smallest absolute Gasteiger partial charge is 0.195 e. The van der Waals surface area contributed by atoms with Gasteiger partial charge in [-0.2, -0.15) is 0 Å². The number of nitrogens with one attached hydrogen (secondary N) is 1. The lowest BCUT2D eigenvalue weighted by Crippen LogP contribution is -2.25. The Balaban J connectivity index is 2.31. The van der Waals surface area contributed by atoms with E-state index in [0.29, 0.717) is 0 Å². The molecule has 0 saturated carbocycles. The van der Waals surface area contributed by atoms with E-state index in [1.807, 2.05) is 0 Å². The van der Waals surface area contributed by atoms with Gasteiger partial charge in [0.05, 0.1) is 5.69 Å². The molecule has 0 amide bonds. The number of aromatic nitrogens is 2. The molecule has 5 heteroatoms. The van der Waals surface area contributed by atoms with Crippen LogP contribution in [0.3, 0.4) is 0 Å². The first-order chi connectivity index (χ1) is 8.81. The van der Waals surface area contributed by atoms with Crippen LogP contribution in [0.1, 0.15) is 32.9 Å². The standard InChI is InChI=1S/C13H22N4S/c1-4-7-14-10-11-12(16(5-2)6-3)15-13-17(11)8-9-18-13/h8-9,14H,4-7,10H2,1-3H3. The summed E-state index contributed by atoms with van der Waals surface area (Å²) in [4.78, 5) is 8.17. The van der Waals surface area contributed by atoms with Crippen LogP contribution < -0.4 is 10.2 Å². The van der Waals surface area contributed by atoms with Crippen LogP contribution in [0.2, 0.25) is 0 Å². The minimum absolute atomic E-state index is 0.886. The molecule has 0 bridgehead atoms.